The molecule has 0 bridgehead atoms. The lowest BCUT2D eigenvalue weighted by Gasteiger charge is -2.35. The molecule has 8 unspecified atom stereocenters. The highest BCUT2D eigenvalue weighted by Crippen LogP contribution is 2.26. The molecule has 0 N–H and O–H groups in total. The van der Waals surface area contributed by atoms with Crippen molar-refractivity contribution in [3.05, 3.63) is 108 Å². The molecule has 4 amide bonds. The van der Waals surface area contributed by atoms with Crippen LogP contribution in [-0.4, -0.2) is 144 Å². The summed E-state index contributed by atoms with van der Waals surface area (Å²) in [6, 6.07) is 15.3. The molecule has 1 saturated heterocycles. The highest BCUT2D eigenvalue weighted by molar-refractivity contribution is 5.94. The van der Waals surface area contributed by atoms with Gasteiger partial charge in [-0.25, -0.2) is 19.2 Å². The molecule has 0 radical (unpaired) electrons. The van der Waals surface area contributed by atoms with Crippen LogP contribution in [0.4, 0.5) is 0 Å². The quantitative estimate of drug-likeness (QED) is 0.0678. The van der Waals surface area contributed by atoms with Crippen molar-refractivity contribution in [2.75, 3.05) is 28.2 Å². The molecule has 8 atom stereocenters. The molecule has 1 aliphatic heterocycles. The average molecular weight is 1140 g/mol. The lowest BCUT2D eigenvalue weighted by atomic mass is 10.00. The maximum absolute atomic E-state index is 15.0. The number of esters is 4. The first-order valence-electron chi connectivity index (χ1n) is 28.1. The number of hydrogen-bond donors (Lipinski definition) is 0. The van der Waals surface area contributed by atoms with Crippen LogP contribution in [0.5, 0.6) is 11.5 Å². The third-order valence-corrected chi connectivity index (χ3v) is 14.1. The summed E-state index contributed by atoms with van der Waals surface area (Å²) in [6.45, 7) is 17.7. The van der Waals surface area contributed by atoms with Crippen LogP contribution >= 0.6 is 0 Å². The summed E-state index contributed by atoms with van der Waals surface area (Å²) in [5.41, 5.74) is 1.10. The number of ether oxygens (including phenoxy) is 6. The van der Waals surface area contributed by atoms with Gasteiger partial charge in [-0.2, -0.15) is 0 Å². The minimum Gasteiger partial charge on any atom is -0.486 e. The van der Waals surface area contributed by atoms with E-state index >= 15 is 0 Å². The van der Waals surface area contributed by atoms with Crippen LogP contribution in [0, 0.1) is 23.7 Å². The number of rotatable bonds is 18. The van der Waals surface area contributed by atoms with Crippen LogP contribution in [0.1, 0.15) is 118 Å². The fourth-order valence-electron chi connectivity index (χ4n) is 9.45. The van der Waals surface area contributed by atoms with Crippen molar-refractivity contribution < 1.29 is 75.6 Å². The third kappa shape index (κ3) is 18.7. The molecule has 82 heavy (non-hydrogen) atoms. The Kier molecular flexibility index (Phi) is 24.2. The van der Waals surface area contributed by atoms with Crippen LogP contribution in [0.25, 0.3) is 0 Å². The minimum atomic E-state index is -1.57. The Labute approximate surface area is 482 Å². The van der Waals surface area contributed by atoms with E-state index in [-0.39, 0.29) is 75.4 Å². The second kappa shape index (κ2) is 30.4. The summed E-state index contributed by atoms with van der Waals surface area (Å²) in [5.74, 6) is -5.48. The largest absolute Gasteiger partial charge is 0.486 e. The van der Waals surface area contributed by atoms with E-state index in [1.807, 2.05) is 55.4 Å². The maximum Gasteiger partial charge on any atom is 0.329 e. The molecular weight excluding hydrogens is 1060 g/mol. The molecule has 0 saturated carbocycles. The van der Waals surface area contributed by atoms with Crippen LogP contribution < -0.4 is 9.47 Å². The van der Waals surface area contributed by atoms with Gasteiger partial charge in [0.2, 0.25) is 0 Å². The van der Waals surface area contributed by atoms with E-state index < -0.39 is 96.1 Å². The van der Waals surface area contributed by atoms with Crippen LogP contribution in [-0.2, 0) is 83.4 Å². The summed E-state index contributed by atoms with van der Waals surface area (Å²) in [6.07, 6.45) is -3.17. The number of hydrogen-bond acceptors (Lipinski definition) is 16. The van der Waals surface area contributed by atoms with Crippen molar-refractivity contribution in [1.29, 1.82) is 0 Å². The number of amides is 4. The van der Waals surface area contributed by atoms with E-state index in [4.69, 9.17) is 37.3 Å². The zero-order chi connectivity index (χ0) is 60.5. The predicted octanol–water partition coefficient (Wildman–Crippen LogP) is 8.01. The zero-order valence-corrected chi connectivity index (χ0v) is 50.0. The second-order valence-electron chi connectivity index (χ2n) is 22.8. The lowest BCUT2D eigenvalue weighted by Crippen LogP contribution is -2.55. The molecule has 0 spiro atoms. The average Bonchev–Trinajstić information content (AvgIpc) is 4.31. The molecular formula is C62H84N4O16. The van der Waals surface area contributed by atoms with Crippen molar-refractivity contribution in [1.82, 2.24) is 19.6 Å². The van der Waals surface area contributed by atoms with Crippen molar-refractivity contribution in [2.45, 2.75) is 170 Å². The fourth-order valence-corrected chi connectivity index (χ4v) is 9.45. The van der Waals surface area contributed by atoms with Gasteiger partial charge < -0.3 is 56.9 Å². The first-order chi connectivity index (χ1) is 38.7. The lowest BCUT2D eigenvalue weighted by molar-refractivity contribution is -0.176. The molecule has 2 aromatic heterocycles. The Balaban J connectivity index is 1.57. The molecule has 20 nitrogen and oxygen atoms in total. The Morgan fingerprint density at radius 2 is 0.683 bits per heavy atom. The number of furan rings is 2. The summed E-state index contributed by atoms with van der Waals surface area (Å²) in [5, 5.41) is 0. The van der Waals surface area contributed by atoms with Gasteiger partial charge in [0.1, 0.15) is 60.4 Å². The van der Waals surface area contributed by atoms with E-state index in [9.17, 15) is 38.4 Å². The number of carbonyl (C=O) groups excluding carboxylic acids is 8. The van der Waals surface area contributed by atoms with E-state index in [1.54, 1.807) is 72.8 Å². The normalized spacial score (nSPS) is 22.9. The fraction of sp³-hybridized carbons (Fsp3) is 0.548. The Bertz CT molecular complexity index is 2520. The Morgan fingerprint density at radius 3 is 0.951 bits per heavy atom. The van der Waals surface area contributed by atoms with E-state index in [0.717, 1.165) is 19.6 Å². The summed E-state index contributed by atoms with van der Waals surface area (Å²) >= 11 is 0. The van der Waals surface area contributed by atoms with Gasteiger partial charge in [-0.3, -0.25) is 19.2 Å². The zero-order valence-electron chi connectivity index (χ0n) is 50.0. The van der Waals surface area contributed by atoms with Gasteiger partial charge in [0.15, 0.2) is 24.4 Å². The molecule has 1 fully saturated rings. The second-order valence-corrected chi connectivity index (χ2v) is 22.8. The van der Waals surface area contributed by atoms with E-state index in [1.165, 1.54) is 54.6 Å². The number of nitrogens with zero attached hydrogens (tertiary/aromatic N) is 4. The highest BCUT2D eigenvalue weighted by Gasteiger charge is 2.43. The number of carbonyl (C=O) groups is 8. The monoisotopic (exact) mass is 1140 g/mol. The van der Waals surface area contributed by atoms with Gasteiger partial charge in [0, 0.05) is 41.0 Å². The molecule has 448 valence electrons. The topological polar surface area (TPSA) is 231 Å². The number of likely N-dealkylation sites (N-methyl/N-ethyl adjacent to an activating group) is 4. The van der Waals surface area contributed by atoms with Crippen molar-refractivity contribution in [3.8, 4) is 11.5 Å². The first-order valence-corrected chi connectivity index (χ1v) is 28.1. The van der Waals surface area contributed by atoms with Gasteiger partial charge in [0.25, 0.3) is 23.6 Å². The van der Waals surface area contributed by atoms with Gasteiger partial charge in [-0.15, -0.1) is 0 Å². The highest BCUT2D eigenvalue weighted by atomic mass is 16.6. The van der Waals surface area contributed by atoms with Crippen molar-refractivity contribution in [2.24, 2.45) is 23.7 Å². The molecule has 4 aromatic rings. The molecule has 5 rings (SSSR count). The summed E-state index contributed by atoms with van der Waals surface area (Å²) < 4.78 is 46.6. The Hall–Kier alpha value is -7.64. The summed E-state index contributed by atoms with van der Waals surface area (Å²) in [7, 11) is 5.50. The van der Waals surface area contributed by atoms with Gasteiger partial charge in [0.05, 0.1) is 12.5 Å². The van der Waals surface area contributed by atoms with E-state index in [0.29, 0.717) is 34.1 Å². The third-order valence-electron chi connectivity index (χ3n) is 14.1. The number of cyclic esters (lactones) is 4. The van der Waals surface area contributed by atoms with Crippen molar-refractivity contribution >= 4 is 47.5 Å². The SMILES string of the molecule is CC(C)CC1C(=O)OC(Cc2ccc(OCc3ccco3)cc2)C(=O)N(C)C(CC(C)C)C(=O)OC(C)C(=O)N(C)C(CC(C)C)C(=O)OC(Cc2ccc(OCc3ccco3)cc2)C(=O)N(C)C(CC(C)C)C(=O)OC(C)C(=O)N1C. The van der Waals surface area contributed by atoms with Gasteiger partial charge in [-0.05, 0) is 123 Å². The first kappa shape index (κ1) is 65.2. The predicted molar refractivity (Wildman–Crippen MR) is 301 cm³/mol. The van der Waals surface area contributed by atoms with Gasteiger partial charge >= 0.3 is 23.9 Å². The Morgan fingerprint density at radius 1 is 0.402 bits per heavy atom. The standard InChI is InChI=1S/C62H84N4O16/c1-37(2)29-49-59(71)79-41(9)55(67)63(11)52(32-40(7)8)62(74)82-54(34-44-21-25-46(26-22-44)78-36-48-18-16-28-76-48)58(70)66(14)50(30-38(3)4)60(72)80-42(10)56(68)64(12)51(31-39(5)6)61(73)81-53(57(69)65(49)13)33-43-19-23-45(24-20-43)77-35-47-17-15-27-75-47/h15-28,37-42,49-54H,29-36H2,1-14H3. The van der Waals surface area contributed by atoms with Crippen LogP contribution in [0.15, 0.2) is 94.2 Å². The van der Waals surface area contributed by atoms with Crippen molar-refractivity contribution in [3.63, 3.8) is 0 Å². The number of benzene rings is 2. The van der Waals surface area contributed by atoms with E-state index in [2.05, 4.69) is 0 Å². The van der Waals surface area contributed by atoms with Crippen LogP contribution in [0.2, 0.25) is 0 Å². The summed E-state index contributed by atoms with van der Waals surface area (Å²) in [4.78, 5) is 122. The molecule has 2 aromatic carbocycles. The minimum absolute atomic E-state index is 0.0644. The maximum atomic E-state index is 15.0. The molecule has 1 aliphatic rings. The molecule has 3 heterocycles. The van der Waals surface area contributed by atoms with Crippen LogP contribution in [0.3, 0.4) is 0 Å². The smallest absolute Gasteiger partial charge is 0.329 e. The molecule has 20 heteroatoms. The van der Waals surface area contributed by atoms with Gasteiger partial charge in [-0.1, -0.05) is 79.7 Å². The molecule has 0 aliphatic carbocycles.